The molecule has 0 radical (unpaired) electrons. The van der Waals surface area contributed by atoms with Crippen LogP contribution >= 0.6 is 0 Å². The van der Waals surface area contributed by atoms with Gasteiger partial charge in [-0.25, -0.2) is 9.97 Å². The number of aliphatic carboxylic acids is 1. The lowest BCUT2D eigenvalue weighted by Gasteiger charge is -2.11. The van der Waals surface area contributed by atoms with Crippen LogP contribution in [0, 0.1) is 6.92 Å². The average Bonchev–Trinajstić information content (AvgIpc) is 2.59. The first-order chi connectivity index (χ1) is 11.6. The molecule has 0 amide bonds. The zero-order valence-electron chi connectivity index (χ0n) is 13.5. The minimum Gasteiger partial charge on any atom is -0.481 e. The Hall–Kier alpha value is -2.95. The third-order valence-electron chi connectivity index (χ3n) is 3.77. The van der Waals surface area contributed by atoms with E-state index in [1.807, 2.05) is 55.5 Å². The Morgan fingerprint density at radius 2 is 1.83 bits per heavy atom. The Kier molecular flexibility index (Phi) is 4.70. The zero-order chi connectivity index (χ0) is 16.9. The zero-order valence-corrected chi connectivity index (χ0v) is 13.5. The number of aromatic nitrogens is 2. The summed E-state index contributed by atoms with van der Waals surface area (Å²) in [5.74, 6) is 0.612. The highest BCUT2D eigenvalue weighted by Crippen LogP contribution is 2.25. The molecule has 0 unspecified atom stereocenters. The van der Waals surface area contributed by atoms with Gasteiger partial charge in [-0.1, -0.05) is 42.0 Å². The van der Waals surface area contributed by atoms with E-state index in [1.54, 1.807) is 0 Å². The Bertz CT molecular complexity index is 860. The van der Waals surface area contributed by atoms with E-state index in [4.69, 9.17) is 5.11 Å². The van der Waals surface area contributed by atoms with Crippen molar-refractivity contribution in [2.75, 3.05) is 11.9 Å². The van der Waals surface area contributed by atoms with E-state index in [0.29, 0.717) is 18.8 Å². The van der Waals surface area contributed by atoms with Gasteiger partial charge in [0.15, 0.2) is 5.82 Å². The average molecular weight is 321 g/mol. The third-order valence-corrected chi connectivity index (χ3v) is 3.77. The van der Waals surface area contributed by atoms with Gasteiger partial charge in [0.1, 0.15) is 5.82 Å². The van der Waals surface area contributed by atoms with Crippen molar-refractivity contribution in [3.8, 4) is 11.4 Å². The highest BCUT2D eigenvalue weighted by Gasteiger charge is 2.09. The van der Waals surface area contributed by atoms with Gasteiger partial charge in [0.05, 0.1) is 5.52 Å². The molecule has 5 heteroatoms. The molecule has 0 fully saturated rings. The second kappa shape index (κ2) is 7.08. The van der Waals surface area contributed by atoms with E-state index in [9.17, 15) is 4.79 Å². The van der Waals surface area contributed by atoms with Gasteiger partial charge in [-0.05, 0) is 25.5 Å². The van der Waals surface area contributed by atoms with E-state index in [0.717, 1.165) is 22.3 Å². The van der Waals surface area contributed by atoms with Gasteiger partial charge in [0.25, 0.3) is 0 Å². The minimum absolute atomic E-state index is 0.140. The van der Waals surface area contributed by atoms with Crippen LogP contribution in [0.2, 0.25) is 0 Å². The van der Waals surface area contributed by atoms with Crippen LogP contribution in [0.4, 0.5) is 5.82 Å². The van der Waals surface area contributed by atoms with Crippen LogP contribution < -0.4 is 5.32 Å². The first-order valence-electron chi connectivity index (χ1n) is 7.93. The molecule has 0 aliphatic carbocycles. The number of aryl methyl sites for hydroxylation is 1. The second-order valence-electron chi connectivity index (χ2n) is 5.70. The number of anilines is 1. The Morgan fingerprint density at radius 3 is 2.58 bits per heavy atom. The van der Waals surface area contributed by atoms with Crippen LogP contribution in [0.1, 0.15) is 18.4 Å². The number of carboxylic acid groups (broad SMARTS) is 1. The number of fused-ring (bicyclic) bond motifs is 1. The van der Waals surface area contributed by atoms with Gasteiger partial charge in [0, 0.05) is 23.9 Å². The summed E-state index contributed by atoms with van der Waals surface area (Å²) in [5, 5.41) is 12.9. The van der Waals surface area contributed by atoms with Gasteiger partial charge in [-0.15, -0.1) is 0 Å². The van der Waals surface area contributed by atoms with Crippen LogP contribution in [0.15, 0.2) is 48.5 Å². The molecule has 5 nitrogen and oxygen atoms in total. The van der Waals surface area contributed by atoms with Crippen molar-refractivity contribution in [3.05, 3.63) is 54.1 Å². The fourth-order valence-electron chi connectivity index (χ4n) is 2.49. The molecular formula is C19H19N3O2. The summed E-state index contributed by atoms with van der Waals surface area (Å²) in [6.07, 6.45) is 0.689. The van der Waals surface area contributed by atoms with E-state index in [2.05, 4.69) is 15.3 Å². The number of benzene rings is 2. The second-order valence-corrected chi connectivity index (χ2v) is 5.70. The van der Waals surface area contributed by atoms with Crippen molar-refractivity contribution < 1.29 is 9.90 Å². The molecule has 1 aromatic heterocycles. The van der Waals surface area contributed by atoms with Gasteiger partial charge < -0.3 is 10.4 Å². The molecule has 24 heavy (non-hydrogen) atoms. The third kappa shape index (κ3) is 3.68. The number of hydrogen-bond acceptors (Lipinski definition) is 4. The van der Waals surface area contributed by atoms with Crippen molar-refractivity contribution in [2.45, 2.75) is 19.8 Å². The van der Waals surface area contributed by atoms with E-state index in [-0.39, 0.29) is 6.42 Å². The van der Waals surface area contributed by atoms with Gasteiger partial charge in [0.2, 0.25) is 0 Å². The predicted molar refractivity (Wildman–Crippen MR) is 95.1 cm³/mol. The molecule has 0 atom stereocenters. The lowest BCUT2D eigenvalue weighted by molar-refractivity contribution is -0.137. The summed E-state index contributed by atoms with van der Waals surface area (Å²) in [6, 6.07) is 15.9. The van der Waals surface area contributed by atoms with E-state index < -0.39 is 5.97 Å². The molecule has 0 saturated carbocycles. The lowest BCUT2D eigenvalue weighted by atomic mass is 10.1. The van der Waals surface area contributed by atoms with Crippen LogP contribution in [-0.4, -0.2) is 27.6 Å². The molecule has 0 aliphatic rings. The number of hydrogen-bond donors (Lipinski definition) is 2. The Morgan fingerprint density at radius 1 is 1.08 bits per heavy atom. The maximum Gasteiger partial charge on any atom is 0.303 e. The van der Waals surface area contributed by atoms with Crippen molar-refractivity contribution in [2.24, 2.45) is 0 Å². The summed E-state index contributed by atoms with van der Waals surface area (Å²) in [5.41, 5.74) is 3.01. The van der Waals surface area contributed by atoms with Gasteiger partial charge >= 0.3 is 5.97 Å². The molecule has 0 saturated heterocycles. The Balaban J connectivity index is 1.93. The number of nitrogens with one attached hydrogen (secondary N) is 1. The van der Waals surface area contributed by atoms with Crippen LogP contribution in [-0.2, 0) is 4.79 Å². The molecular weight excluding hydrogens is 302 g/mol. The summed E-state index contributed by atoms with van der Waals surface area (Å²) < 4.78 is 0. The fourth-order valence-corrected chi connectivity index (χ4v) is 2.49. The predicted octanol–water partition coefficient (Wildman–Crippen LogP) is 3.88. The maximum absolute atomic E-state index is 10.6. The molecule has 1 heterocycles. The van der Waals surface area contributed by atoms with Crippen LogP contribution in [0.5, 0.6) is 0 Å². The first-order valence-corrected chi connectivity index (χ1v) is 7.93. The summed E-state index contributed by atoms with van der Waals surface area (Å²) in [4.78, 5) is 19.9. The molecule has 0 spiro atoms. The fraction of sp³-hybridized carbons (Fsp3) is 0.211. The standard InChI is InChI=1S/C19H19N3O2/c1-13-8-10-14(11-9-13)18-21-16-6-3-2-5-15(16)19(22-18)20-12-4-7-17(23)24/h2-3,5-6,8-11H,4,7,12H2,1H3,(H,23,24)(H,20,21,22). The molecule has 2 N–H and O–H groups in total. The number of para-hydroxylation sites is 1. The number of rotatable bonds is 6. The highest BCUT2D eigenvalue weighted by molar-refractivity contribution is 5.90. The quantitative estimate of drug-likeness (QED) is 0.674. The van der Waals surface area contributed by atoms with Gasteiger partial charge in [-0.2, -0.15) is 0 Å². The van der Waals surface area contributed by atoms with Crippen LogP contribution in [0.25, 0.3) is 22.3 Å². The SMILES string of the molecule is Cc1ccc(-c2nc(NCCCC(=O)O)c3ccccc3n2)cc1. The van der Waals surface area contributed by atoms with E-state index >= 15 is 0 Å². The Labute approximate surface area is 140 Å². The van der Waals surface area contributed by atoms with Crippen molar-refractivity contribution in [1.82, 2.24) is 9.97 Å². The molecule has 122 valence electrons. The summed E-state index contributed by atoms with van der Waals surface area (Å²) in [6.45, 7) is 2.60. The van der Waals surface area contributed by atoms with Crippen LogP contribution in [0.3, 0.4) is 0 Å². The molecule has 3 aromatic rings. The molecule has 3 rings (SSSR count). The summed E-state index contributed by atoms with van der Waals surface area (Å²) >= 11 is 0. The monoisotopic (exact) mass is 321 g/mol. The van der Waals surface area contributed by atoms with Crippen molar-refractivity contribution >= 4 is 22.7 Å². The topological polar surface area (TPSA) is 75.1 Å². The lowest BCUT2D eigenvalue weighted by Crippen LogP contribution is -2.07. The summed E-state index contributed by atoms with van der Waals surface area (Å²) in [7, 11) is 0. The highest BCUT2D eigenvalue weighted by atomic mass is 16.4. The smallest absolute Gasteiger partial charge is 0.303 e. The number of carbonyl (C=O) groups is 1. The van der Waals surface area contributed by atoms with E-state index in [1.165, 1.54) is 5.56 Å². The molecule has 0 bridgehead atoms. The minimum atomic E-state index is -0.787. The molecule has 2 aromatic carbocycles. The molecule has 0 aliphatic heterocycles. The normalized spacial score (nSPS) is 10.7. The number of nitrogens with zero attached hydrogens (tertiary/aromatic N) is 2. The van der Waals surface area contributed by atoms with Crippen molar-refractivity contribution in [3.63, 3.8) is 0 Å². The maximum atomic E-state index is 10.6. The first kappa shape index (κ1) is 15.9. The van der Waals surface area contributed by atoms with Crippen molar-refractivity contribution in [1.29, 1.82) is 0 Å². The largest absolute Gasteiger partial charge is 0.481 e. The van der Waals surface area contributed by atoms with Gasteiger partial charge in [-0.3, -0.25) is 4.79 Å². The number of carboxylic acids is 1.